The Labute approximate surface area is 590 Å². The highest BCUT2D eigenvalue weighted by Crippen LogP contribution is 2.16. The molecule has 0 aromatic rings. The van der Waals surface area contributed by atoms with Crippen LogP contribution in [0.5, 0.6) is 0 Å². The third-order valence-electron chi connectivity index (χ3n) is 19.6. The van der Waals surface area contributed by atoms with E-state index in [1.54, 1.807) is 0 Å². The summed E-state index contributed by atoms with van der Waals surface area (Å²) in [6.07, 6.45) is 65.3. The predicted octanol–water partition coefficient (Wildman–Crippen LogP) is 18.4. The molecular formula is C81H165N9O5. The summed E-state index contributed by atoms with van der Waals surface area (Å²) in [7, 11) is 0. The Kier molecular flexibility index (Phi) is 75.5. The van der Waals surface area contributed by atoms with Crippen LogP contribution in [0.2, 0.25) is 0 Å². The van der Waals surface area contributed by atoms with E-state index in [0.29, 0.717) is 64.8 Å². The highest BCUT2D eigenvalue weighted by atomic mass is 16.3. The Bertz CT molecular complexity index is 1550. The van der Waals surface area contributed by atoms with Crippen LogP contribution in [0.1, 0.15) is 388 Å². The molecule has 0 bridgehead atoms. The molecule has 0 saturated carbocycles. The molecule has 0 radical (unpaired) electrons. The molecule has 0 heterocycles. The van der Waals surface area contributed by atoms with Crippen LogP contribution in [-0.2, 0) is 19.2 Å². The van der Waals surface area contributed by atoms with Gasteiger partial charge >= 0.3 is 0 Å². The number of nitrogens with one attached hydrogen (secondary N) is 6. The van der Waals surface area contributed by atoms with Crippen molar-refractivity contribution >= 4 is 23.6 Å². The van der Waals surface area contributed by atoms with Crippen molar-refractivity contribution in [3.05, 3.63) is 0 Å². The fourth-order valence-corrected chi connectivity index (χ4v) is 12.9. The minimum atomic E-state index is -0.604. The van der Waals surface area contributed by atoms with Gasteiger partial charge in [0.15, 0.2) is 0 Å². The maximum Gasteiger partial charge on any atom is 0.221 e. The SMILES string of the molecule is CCCCCCCCCCCCNC(=O)CCN(CCNCCN(CCC(=O)NCCCCCCCCCCCC)CCN(CCC(=O)NCCCCCCCCCCCC)CCC(O)NCCCCCCCCCCCC)CCC(=O)NCCCCCCCCCCCC. The second-order valence-corrected chi connectivity index (χ2v) is 28.8. The first kappa shape index (κ1) is 92.6. The molecule has 0 aliphatic carbocycles. The van der Waals surface area contributed by atoms with Gasteiger partial charge in [0.05, 0.1) is 0 Å². The Morgan fingerprint density at radius 1 is 0.242 bits per heavy atom. The van der Waals surface area contributed by atoms with Crippen LogP contribution in [0, 0.1) is 0 Å². The molecule has 14 nitrogen and oxygen atoms in total. The normalized spacial score (nSPS) is 12.0. The van der Waals surface area contributed by atoms with E-state index in [2.05, 4.69) is 81.2 Å². The van der Waals surface area contributed by atoms with Gasteiger partial charge in [-0.2, -0.15) is 0 Å². The molecule has 0 spiro atoms. The lowest BCUT2D eigenvalue weighted by Gasteiger charge is -2.29. The second-order valence-electron chi connectivity index (χ2n) is 28.8. The predicted molar refractivity (Wildman–Crippen MR) is 411 cm³/mol. The smallest absolute Gasteiger partial charge is 0.221 e. The molecule has 1 atom stereocenters. The summed E-state index contributed by atoms with van der Waals surface area (Å²) in [6, 6.07) is 0. The molecule has 4 amide bonds. The number of amides is 4. The summed E-state index contributed by atoms with van der Waals surface area (Å²) in [6.45, 7) is 22.6. The van der Waals surface area contributed by atoms with Gasteiger partial charge in [0.25, 0.3) is 0 Å². The Balaban J connectivity index is 5.83. The first-order valence-electron chi connectivity index (χ1n) is 42.0. The zero-order chi connectivity index (χ0) is 69.1. The van der Waals surface area contributed by atoms with Gasteiger partial charge in [0.2, 0.25) is 23.6 Å². The molecule has 0 aromatic heterocycles. The molecule has 7 N–H and O–H groups in total. The van der Waals surface area contributed by atoms with E-state index in [9.17, 15) is 24.3 Å². The topological polar surface area (TPSA) is 170 Å². The van der Waals surface area contributed by atoms with Crippen molar-refractivity contribution in [2.24, 2.45) is 0 Å². The van der Waals surface area contributed by atoms with E-state index in [4.69, 9.17) is 0 Å². The lowest BCUT2D eigenvalue weighted by atomic mass is 10.1. The maximum absolute atomic E-state index is 13.4. The second kappa shape index (κ2) is 77.4. The van der Waals surface area contributed by atoms with E-state index in [1.165, 1.54) is 263 Å². The average Bonchev–Trinajstić information content (AvgIpc) is 3.51. The Morgan fingerprint density at radius 2 is 0.442 bits per heavy atom. The van der Waals surface area contributed by atoms with Gasteiger partial charge in [-0.05, 0) is 45.1 Å². The maximum atomic E-state index is 13.4. The van der Waals surface area contributed by atoms with E-state index >= 15 is 0 Å². The summed E-state index contributed by atoms with van der Waals surface area (Å²) < 4.78 is 0. The van der Waals surface area contributed by atoms with Gasteiger partial charge in [0.1, 0.15) is 6.23 Å². The van der Waals surface area contributed by atoms with Crippen LogP contribution >= 0.6 is 0 Å². The van der Waals surface area contributed by atoms with Crippen molar-refractivity contribution in [3.63, 3.8) is 0 Å². The van der Waals surface area contributed by atoms with Crippen LogP contribution in [0.4, 0.5) is 0 Å². The molecule has 564 valence electrons. The molecule has 0 aromatic carbocycles. The molecule has 95 heavy (non-hydrogen) atoms. The van der Waals surface area contributed by atoms with Crippen molar-refractivity contribution in [2.45, 2.75) is 394 Å². The van der Waals surface area contributed by atoms with Crippen LogP contribution in [0.3, 0.4) is 0 Å². The number of hydrogen-bond acceptors (Lipinski definition) is 10. The quantitative estimate of drug-likeness (QED) is 0.0230. The first-order valence-corrected chi connectivity index (χ1v) is 42.0. The van der Waals surface area contributed by atoms with Gasteiger partial charge in [-0.3, -0.25) is 24.5 Å². The van der Waals surface area contributed by atoms with Gasteiger partial charge < -0.3 is 46.4 Å². The zero-order valence-electron chi connectivity index (χ0n) is 64.2. The average molecular weight is 1350 g/mol. The molecule has 1 unspecified atom stereocenters. The molecule has 14 heteroatoms. The Morgan fingerprint density at radius 3 is 0.684 bits per heavy atom. The minimum absolute atomic E-state index is 0.0848. The molecular weight excluding hydrogens is 1180 g/mol. The van der Waals surface area contributed by atoms with Crippen molar-refractivity contribution in [3.8, 4) is 0 Å². The molecule has 0 saturated heterocycles. The van der Waals surface area contributed by atoms with Crippen molar-refractivity contribution in [2.75, 3.05) is 105 Å². The summed E-state index contributed by atoms with van der Waals surface area (Å²) in [4.78, 5) is 60.1. The highest BCUT2D eigenvalue weighted by Gasteiger charge is 2.17. The summed E-state index contributed by atoms with van der Waals surface area (Å²) in [5.74, 6) is 0.361. The standard InChI is InChI=1S/C81H165N9O5/c1-6-11-16-21-26-31-36-41-46-51-61-83-77(91)56-68-88(69-57-78(92)84-62-52-47-42-37-32-27-22-17-12-7-2)73-66-82-67-74-90(72-60-81(95)87-65-55-50-45-40-35-30-25-20-15-10-5)76-75-89(70-58-79(93)85-63-53-48-43-38-33-28-23-18-13-8-3)71-59-80(94)86-64-54-49-44-39-34-29-24-19-14-9-4/h79,82,85,93H,6-76H2,1-5H3,(H,83,91)(H,84,92)(H,86,94)(H,87,95). The number of unbranched alkanes of at least 4 members (excludes halogenated alkanes) is 45. The van der Waals surface area contributed by atoms with Crippen LogP contribution in [-0.4, -0.2) is 154 Å². The van der Waals surface area contributed by atoms with Crippen LogP contribution < -0.4 is 31.9 Å². The van der Waals surface area contributed by atoms with Crippen molar-refractivity contribution in [1.82, 2.24) is 46.6 Å². The third-order valence-corrected chi connectivity index (χ3v) is 19.6. The number of carbonyl (C=O) groups is 4. The lowest BCUT2D eigenvalue weighted by molar-refractivity contribution is -0.122. The number of carbonyl (C=O) groups excluding carboxylic acids is 4. The van der Waals surface area contributed by atoms with Crippen molar-refractivity contribution < 1.29 is 24.3 Å². The van der Waals surface area contributed by atoms with E-state index in [-0.39, 0.29) is 23.6 Å². The van der Waals surface area contributed by atoms with Gasteiger partial charge in [0, 0.05) is 124 Å². The zero-order valence-corrected chi connectivity index (χ0v) is 64.2. The third kappa shape index (κ3) is 72.7. The van der Waals surface area contributed by atoms with Gasteiger partial charge in [-0.25, -0.2) is 0 Å². The van der Waals surface area contributed by atoms with Crippen LogP contribution in [0.25, 0.3) is 0 Å². The Hall–Kier alpha value is -2.36. The van der Waals surface area contributed by atoms with Crippen LogP contribution in [0.15, 0.2) is 0 Å². The fraction of sp³-hybridized carbons (Fsp3) is 0.951. The number of nitrogens with zero attached hydrogens (tertiary/aromatic N) is 3. The van der Waals surface area contributed by atoms with Gasteiger partial charge in [-0.15, -0.1) is 0 Å². The molecule has 0 fully saturated rings. The van der Waals surface area contributed by atoms with Crippen molar-refractivity contribution in [1.29, 1.82) is 0 Å². The lowest BCUT2D eigenvalue weighted by Crippen LogP contribution is -2.43. The van der Waals surface area contributed by atoms with E-state index in [0.717, 1.165) is 130 Å². The summed E-state index contributed by atoms with van der Waals surface area (Å²) >= 11 is 0. The van der Waals surface area contributed by atoms with E-state index < -0.39 is 6.23 Å². The van der Waals surface area contributed by atoms with E-state index in [1.807, 2.05) is 0 Å². The molecule has 0 aliphatic heterocycles. The summed E-state index contributed by atoms with van der Waals surface area (Å²) in [5, 5.41) is 31.1. The number of hydrogen-bond donors (Lipinski definition) is 7. The molecule has 0 rings (SSSR count). The highest BCUT2D eigenvalue weighted by molar-refractivity contribution is 5.77. The summed E-state index contributed by atoms with van der Waals surface area (Å²) in [5.41, 5.74) is 0. The fourth-order valence-electron chi connectivity index (χ4n) is 12.9. The first-order chi connectivity index (χ1) is 46.7. The number of aliphatic hydroxyl groups is 1. The largest absolute Gasteiger partial charge is 0.379 e. The molecule has 0 aliphatic rings. The minimum Gasteiger partial charge on any atom is -0.379 e. The number of aliphatic hydroxyl groups excluding tert-OH is 1. The number of rotatable bonds is 80. The monoisotopic (exact) mass is 1340 g/mol. The van der Waals surface area contributed by atoms with Gasteiger partial charge in [-0.1, -0.05) is 324 Å².